The van der Waals surface area contributed by atoms with Gasteiger partial charge in [-0.2, -0.15) is 16.6 Å². The van der Waals surface area contributed by atoms with Crippen molar-refractivity contribution in [3.63, 3.8) is 0 Å². The highest BCUT2D eigenvalue weighted by molar-refractivity contribution is 7.07. The average Bonchev–Trinajstić information content (AvgIpc) is 2.84. The fourth-order valence-electron chi connectivity index (χ4n) is 1.57. The summed E-state index contributed by atoms with van der Waals surface area (Å²) in [6, 6.07) is 9.49. The molecule has 2 aromatic rings. The Morgan fingerprint density at radius 1 is 1.35 bits per heavy atom. The van der Waals surface area contributed by atoms with Gasteiger partial charge in [0.05, 0.1) is 23.0 Å². The predicted octanol–water partition coefficient (Wildman–Crippen LogP) is 2.86. The topological polar surface area (TPSA) is 61.8 Å². The first kappa shape index (κ1) is 11.5. The third-order valence-electron chi connectivity index (χ3n) is 2.49. The van der Waals surface area contributed by atoms with Gasteiger partial charge in [0.25, 0.3) is 0 Å². The van der Waals surface area contributed by atoms with Crippen LogP contribution < -0.4 is 11.1 Å². The molecule has 2 rings (SSSR count). The molecule has 0 saturated heterocycles. The van der Waals surface area contributed by atoms with Gasteiger partial charge < -0.3 is 11.1 Å². The van der Waals surface area contributed by atoms with Crippen LogP contribution in [0.4, 0.5) is 11.4 Å². The Bertz CT molecular complexity index is 526. The van der Waals surface area contributed by atoms with Crippen molar-refractivity contribution >= 4 is 22.7 Å². The molecular weight excluding hydrogens is 230 g/mol. The van der Waals surface area contributed by atoms with Crippen molar-refractivity contribution in [1.29, 1.82) is 5.26 Å². The Hall–Kier alpha value is -1.99. The zero-order valence-electron chi connectivity index (χ0n) is 9.31. The van der Waals surface area contributed by atoms with Crippen LogP contribution in [-0.2, 0) is 6.42 Å². The summed E-state index contributed by atoms with van der Waals surface area (Å²) in [5.41, 5.74) is 9.27. The highest BCUT2D eigenvalue weighted by atomic mass is 32.1. The van der Waals surface area contributed by atoms with Crippen LogP contribution >= 0.6 is 11.3 Å². The minimum absolute atomic E-state index is 0.589. The van der Waals surface area contributed by atoms with E-state index in [-0.39, 0.29) is 0 Å². The molecule has 0 radical (unpaired) electrons. The lowest BCUT2D eigenvalue weighted by Gasteiger charge is -2.08. The van der Waals surface area contributed by atoms with Gasteiger partial charge in [0.2, 0.25) is 0 Å². The summed E-state index contributed by atoms with van der Waals surface area (Å²) in [6.45, 7) is 0.840. The molecule has 0 bridgehead atoms. The number of nitrogen functional groups attached to an aromatic ring is 1. The van der Waals surface area contributed by atoms with E-state index in [4.69, 9.17) is 11.0 Å². The highest BCUT2D eigenvalue weighted by Crippen LogP contribution is 2.19. The molecule has 3 nitrogen and oxygen atoms in total. The molecule has 0 unspecified atom stereocenters. The van der Waals surface area contributed by atoms with Crippen molar-refractivity contribution in [2.24, 2.45) is 0 Å². The first-order chi connectivity index (χ1) is 8.29. The maximum Gasteiger partial charge on any atom is 0.0992 e. The monoisotopic (exact) mass is 243 g/mol. The molecule has 1 aromatic carbocycles. The van der Waals surface area contributed by atoms with Crippen LogP contribution in [0.1, 0.15) is 11.1 Å². The molecule has 86 valence electrons. The molecule has 0 amide bonds. The van der Waals surface area contributed by atoms with Crippen LogP contribution in [0.2, 0.25) is 0 Å². The van der Waals surface area contributed by atoms with E-state index in [0.717, 1.165) is 18.7 Å². The lowest BCUT2D eigenvalue weighted by atomic mass is 10.2. The zero-order chi connectivity index (χ0) is 12.1. The van der Waals surface area contributed by atoms with Gasteiger partial charge in [-0.15, -0.1) is 0 Å². The van der Waals surface area contributed by atoms with Gasteiger partial charge in [-0.25, -0.2) is 0 Å². The highest BCUT2D eigenvalue weighted by Gasteiger charge is 2.00. The largest absolute Gasteiger partial charge is 0.397 e. The number of anilines is 2. The Balaban J connectivity index is 1.93. The first-order valence-electron chi connectivity index (χ1n) is 5.34. The second-order valence-electron chi connectivity index (χ2n) is 3.72. The molecule has 0 aliphatic heterocycles. The van der Waals surface area contributed by atoms with Crippen molar-refractivity contribution in [1.82, 2.24) is 0 Å². The molecule has 0 fully saturated rings. The molecule has 0 aliphatic rings. The number of nitrogens with zero attached hydrogens (tertiary/aromatic N) is 1. The molecule has 4 heteroatoms. The van der Waals surface area contributed by atoms with Crippen molar-refractivity contribution in [3.05, 3.63) is 46.2 Å². The van der Waals surface area contributed by atoms with E-state index in [2.05, 4.69) is 28.2 Å². The number of nitrogens with one attached hydrogen (secondary N) is 1. The lowest BCUT2D eigenvalue weighted by molar-refractivity contribution is 1.03. The minimum atomic E-state index is 0.589. The molecule has 0 saturated carbocycles. The van der Waals surface area contributed by atoms with E-state index in [1.165, 1.54) is 5.56 Å². The molecule has 3 N–H and O–H groups in total. The number of hydrogen-bond acceptors (Lipinski definition) is 4. The lowest BCUT2D eigenvalue weighted by Crippen LogP contribution is -2.06. The molecule has 17 heavy (non-hydrogen) atoms. The van der Waals surface area contributed by atoms with E-state index in [9.17, 15) is 0 Å². The second kappa shape index (κ2) is 5.37. The van der Waals surface area contributed by atoms with Gasteiger partial charge in [-0.05, 0) is 47.0 Å². The van der Waals surface area contributed by atoms with E-state index in [0.29, 0.717) is 11.3 Å². The number of benzene rings is 1. The van der Waals surface area contributed by atoms with Crippen molar-refractivity contribution < 1.29 is 0 Å². The molecule has 0 aliphatic carbocycles. The SMILES string of the molecule is N#Cc1ccc(NCCc2ccsc2)c(N)c1. The molecule has 1 aromatic heterocycles. The maximum atomic E-state index is 8.73. The molecule has 0 atom stereocenters. The van der Waals surface area contributed by atoms with Gasteiger partial charge >= 0.3 is 0 Å². The minimum Gasteiger partial charge on any atom is -0.397 e. The Kier molecular flexibility index (Phi) is 3.63. The number of nitriles is 1. The quantitative estimate of drug-likeness (QED) is 0.812. The van der Waals surface area contributed by atoms with Gasteiger partial charge in [0.15, 0.2) is 0 Å². The summed E-state index contributed by atoms with van der Waals surface area (Å²) < 4.78 is 0. The van der Waals surface area contributed by atoms with E-state index in [1.807, 2.05) is 6.07 Å². The third-order valence-corrected chi connectivity index (χ3v) is 3.22. The number of rotatable bonds is 4. The number of nitrogens with two attached hydrogens (primary N) is 1. The Morgan fingerprint density at radius 2 is 2.24 bits per heavy atom. The first-order valence-corrected chi connectivity index (χ1v) is 6.28. The van der Waals surface area contributed by atoms with Crippen molar-refractivity contribution in [2.75, 3.05) is 17.6 Å². The van der Waals surface area contributed by atoms with E-state index in [1.54, 1.807) is 23.5 Å². The summed E-state index contributed by atoms with van der Waals surface area (Å²) in [4.78, 5) is 0. The van der Waals surface area contributed by atoms with Gasteiger partial charge in [0.1, 0.15) is 0 Å². The summed E-state index contributed by atoms with van der Waals surface area (Å²) in [5, 5.41) is 16.2. The van der Waals surface area contributed by atoms with Crippen LogP contribution in [-0.4, -0.2) is 6.54 Å². The van der Waals surface area contributed by atoms with Gasteiger partial charge in [-0.1, -0.05) is 0 Å². The molecule has 0 spiro atoms. The standard InChI is InChI=1S/C13H13N3S/c14-8-11-1-2-13(12(15)7-11)16-5-3-10-4-6-17-9-10/h1-2,4,6-7,9,16H,3,5,15H2. The van der Waals surface area contributed by atoms with Crippen molar-refractivity contribution in [3.8, 4) is 6.07 Å². The van der Waals surface area contributed by atoms with Crippen LogP contribution in [0, 0.1) is 11.3 Å². The van der Waals surface area contributed by atoms with E-state index < -0.39 is 0 Å². The Morgan fingerprint density at radius 3 is 2.88 bits per heavy atom. The summed E-state index contributed by atoms with van der Waals surface area (Å²) in [5.74, 6) is 0. The Labute approximate surface area is 105 Å². The maximum absolute atomic E-state index is 8.73. The number of thiophene rings is 1. The van der Waals surface area contributed by atoms with E-state index >= 15 is 0 Å². The van der Waals surface area contributed by atoms with Crippen LogP contribution in [0.3, 0.4) is 0 Å². The van der Waals surface area contributed by atoms with Crippen LogP contribution in [0.25, 0.3) is 0 Å². The summed E-state index contributed by atoms with van der Waals surface area (Å²) in [6.07, 6.45) is 0.975. The van der Waals surface area contributed by atoms with Gasteiger partial charge in [0, 0.05) is 6.54 Å². The van der Waals surface area contributed by atoms with Crippen LogP contribution in [0.5, 0.6) is 0 Å². The van der Waals surface area contributed by atoms with Crippen molar-refractivity contribution in [2.45, 2.75) is 6.42 Å². The summed E-state index contributed by atoms with van der Waals surface area (Å²) >= 11 is 1.71. The molecular formula is C13H13N3S. The van der Waals surface area contributed by atoms with Crippen LogP contribution in [0.15, 0.2) is 35.0 Å². The average molecular weight is 243 g/mol. The fraction of sp³-hybridized carbons (Fsp3) is 0.154. The summed E-state index contributed by atoms with van der Waals surface area (Å²) in [7, 11) is 0. The third kappa shape index (κ3) is 2.99. The second-order valence-corrected chi connectivity index (χ2v) is 4.50. The fourth-order valence-corrected chi connectivity index (χ4v) is 2.27. The van der Waals surface area contributed by atoms with Gasteiger partial charge in [-0.3, -0.25) is 0 Å². The molecule has 1 heterocycles. The predicted molar refractivity (Wildman–Crippen MR) is 72.1 cm³/mol. The zero-order valence-corrected chi connectivity index (χ0v) is 10.1. The smallest absolute Gasteiger partial charge is 0.0992 e. The normalized spacial score (nSPS) is 9.82. The number of hydrogen-bond donors (Lipinski definition) is 2.